The molecular formula is C11H11F2NO. The molecular weight excluding hydrogens is 200 g/mol. The first kappa shape index (κ1) is 11.4. The summed E-state index contributed by atoms with van der Waals surface area (Å²) in [6, 6.07) is 2.68. The van der Waals surface area contributed by atoms with Gasteiger partial charge in [0, 0.05) is 18.2 Å². The number of benzene rings is 1. The minimum Gasteiger partial charge on any atom is -0.348 e. The first-order valence-electron chi connectivity index (χ1n) is 4.37. The summed E-state index contributed by atoms with van der Waals surface area (Å²) in [7, 11) is 0. The summed E-state index contributed by atoms with van der Waals surface area (Å²) in [6.45, 7) is 5.62. The molecule has 0 unspecified atom stereocenters. The maximum Gasteiger partial charge on any atom is 0.251 e. The lowest BCUT2D eigenvalue weighted by Crippen LogP contribution is -2.25. The predicted octanol–water partition coefficient (Wildman–Crippen LogP) is 2.27. The quantitative estimate of drug-likeness (QED) is 0.763. The zero-order valence-corrected chi connectivity index (χ0v) is 8.31. The minimum atomic E-state index is -0.768. The molecule has 1 rings (SSSR count). The summed E-state index contributed by atoms with van der Waals surface area (Å²) in [5.41, 5.74) is 0.731. The van der Waals surface area contributed by atoms with Gasteiger partial charge in [-0.05, 0) is 19.1 Å². The summed E-state index contributed by atoms with van der Waals surface area (Å²) in [4.78, 5) is 11.4. The van der Waals surface area contributed by atoms with E-state index in [0.717, 1.165) is 23.8 Å². The van der Waals surface area contributed by atoms with E-state index in [1.165, 1.54) is 0 Å². The number of amides is 1. The Bertz CT molecular complexity index is 381. The average Bonchev–Trinajstić information content (AvgIpc) is 2.12. The van der Waals surface area contributed by atoms with E-state index < -0.39 is 17.5 Å². The molecule has 80 valence electrons. The van der Waals surface area contributed by atoms with Crippen LogP contribution in [-0.4, -0.2) is 12.5 Å². The van der Waals surface area contributed by atoms with Crippen LogP contribution in [0.3, 0.4) is 0 Å². The van der Waals surface area contributed by atoms with Crippen molar-refractivity contribution in [3.8, 4) is 0 Å². The SMILES string of the molecule is C=C(C)CNC(=O)c1cc(F)cc(F)c1. The number of rotatable bonds is 3. The normalized spacial score (nSPS) is 9.80. The van der Waals surface area contributed by atoms with Crippen LogP contribution in [0.15, 0.2) is 30.4 Å². The van der Waals surface area contributed by atoms with Crippen LogP contribution in [0.4, 0.5) is 8.78 Å². The molecule has 0 saturated carbocycles. The van der Waals surface area contributed by atoms with Gasteiger partial charge in [-0.15, -0.1) is 0 Å². The maximum atomic E-state index is 12.7. The van der Waals surface area contributed by atoms with Crippen LogP contribution >= 0.6 is 0 Å². The molecule has 0 bridgehead atoms. The van der Waals surface area contributed by atoms with Crippen molar-refractivity contribution in [3.63, 3.8) is 0 Å². The highest BCUT2D eigenvalue weighted by Gasteiger charge is 2.08. The van der Waals surface area contributed by atoms with Gasteiger partial charge < -0.3 is 5.32 Å². The standard InChI is InChI=1S/C11H11F2NO/c1-7(2)6-14-11(15)8-3-9(12)5-10(13)4-8/h3-5H,1,6H2,2H3,(H,14,15). The number of nitrogens with one attached hydrogen (secondary N) is 1. The van der Waals surface area contributed by atoms with Crippen LogP contribution in [-0.2, 0) is 0 Å². The van der Waals surface area contributed by atoms with Gasteiger partial charge in [0.25, 0.3) is 5.91 Å². The molecule has 1 aromatic rings. The van der Waals surface area contributed by atoms with Crippen molar-refractivity contribution in [1.29, 1.82) is 0 Å². The maximum absolute atomic E-state index is 12.7. The number of halogens is 2. The smallest absolute Gasteiger partial charge is 0.251 e. The fourth-order valence-corrected chi connectivity index (χ4v) is 1.02. The van der Waals surface area contributed by atoms with E-state index in [1.54, 1.807) is 6.92 Å². The molecule has 0 spiro atoms. The van der Waals surface area contributed by atoms with Crippen molar-refractivity contribution in [1.82, 2.24) is 5.32 Å². The molecule has 0 atom stereocenters. The lowest BCUT2D eigenvalue weighted by atomic mass is 10.2. The Balaban J connectivity index is 2.77. The highest BCUT2D eigenvalue weighted by molar-refractivity contribution is 5.94. The van der Waals surface area contributed by atoms with E-state index >= 15 is 0 Å². The third-order valence-corrected chi connectivity index (χ3v) is 1.68. The van der Waals surface area contributed by atoms with Gasteiger partial charge in [0.2, 0.25) is 0 Å². The summed E-state index contributed by atoms with van der Waals surface area (Å²) >= 11 is 0. The van der Waals surface area contributed by atoms with E-state index in [1.807, 2.05) is 0 Å². The first-order valence-corrected chi connectivity index (χ1v) is 4.37. The Hall–Kier alpha value is -1.71. The van der Waals surface area contributed by atoms with Crippen LogP contribution in [0.25, 0.3) is 0 Å². The first-order chi connectivity index (χ1) is 6.99. The van der Waals surface area contributed by atoms with Crippen LogP contribution in [0, 0.1) is 11.6 Å². The van der Waals surface area contributed by atoms with E-state index in [0.29, 0.717) is 0 Å². The number of carbonyl (C=O) groups is 1. The summed E-state index contributed by atoms with van der Waals surface area (Å²) in [5.74, 6) is -2.05. The van der Waals surface area contributed by atoms with E-state index in [2.05, 4.69) is 11.9 Å². The van der Waals surface area contributed by atoms with E-state index in [9.17, 15) is 13.6 Å². The second-order valence-corrected chi connectivity index (χ2v) is 3.30. The summed E-state index contributed by atoms with van der Waals surface area (Å²) < 4.78 is 25.5. The van der Waals surface area contributed by atoms with Gasteiger partial charge in [-0.2, -0.15) is 0 Å². The Morgan fingerprint density at radius 2 is 1.87 bits per heavy atom. The van der Waals surface area contributed by atoms with E-state index in [-0.39, 0.29) is 12.1 Å². The van der Waals surface area contributed by atoms with Crippen molar-refractivity contribution in [2.75, 3.05) is 6.54 Å². The van der Waals surface area contributed by atoms with Gasteiger partial charge in [0.1, 0.15) is 11.6 Å². The van der Waals surface area contributed by atoms with Gasteiger partial charge in [-0.3, -0.25) is 4.79 Å². The molecule has 1 N–H and O–H groups in total. The van der Waals surface area contributed by atoms with Crippen LogP contribution in [0.5, 0.6) is 0 Å². The molecule has 0 aromatic heterocycles. The number of hydrogen-bond acceptors (Lipinski definition) is 1. The molecule has 0 aliphatic rings. The zero-order chi connectivity index (χ0) is 11.4. The number of carbonyl (C=O) groups excluding carboxylic acids is 1. The van der Waals surface area contributed by atoms with Crippen LogP contribution < -0.4 is 5.32 Å². The van der Waals surface area contributed by atoms with Crippen molar-refractivity contribution >= 4 is 5.91 Å². The van der Waals surface area contributed by atoms with Crippen LogP contribution in [0.1, 0.15) is 17.3 Å². The Morgan fingerprint density at radius 3 is 2.33 bits per heavy atom. The molecule has 0 radical (unpaired) electrons. The number of hydrogen-bond donors (Lipinski definition) is 1. The van der Waals surface area contributed by atoms with Gasteiger partial charge in [-0.25, -0.2) is 8.78 Å². The summed E-state index contributed by atoms with van der Waals surface area (Å²) in [6.07, 6.45) is 0. The fourth-order valence-electron chi connectivity index (χ4n) is 1.02. The molecule has 1 amide bonds. The predicted molar refractivity (Wildman–Crippen MR) is 53.5 cm³/mol. The molecule has 0 aliphatic heterocycles. The summed E-state index contributed by atoms with van der Waals surface area (Å²) in [5, 5.41) is 2.48. The third kappa shape index (κ3) is 3.50. The van der Waals surface area contributed by atoms with Crippen molar-refractivity contribution in [2.45, 2.75) is 6.92 Å². The van der Waals surface area contributed by atoms with Gasteiger partial charge in [-0.1, -0.05) is 12.2 Å². The van der Waals surface area contributed by atoms with Gasteiger partial charge >= 0.3 is 0 Å². The lowest BCUT2D eigenvalue weighted by Gasteiger charge is -2.04. The highest BCUT2D eigenvalue weighted by atomic mass is 19.1. The minimum absolute atomic E-state index is 0.0336. The zero-order valence-electron chi connectivity index (χ0n) is 8.31. The van der Waals surface area contributed by atoms with Crippen molar-refractivity contribution in [2.24, 2.45) is 0 Å². The molecule has 2 nitrogen and oxygen atoms in total. The monoisotopic (exact) mass is 211 g/mol. The lowest BCUT2D eigenvalue weighted by molar-refractivity contribution is 0.0956. The van der Waals surface area contributed by atoms with Crippen molar-refractivity contribution < 1.29 is 13.6 Å². The molecule has 1 aromatic carbocycles. The molecule has 0 heterocycles. The molecule has 0 aliphatic carbocycles. The highest BCUT2D eigenvalue weighted by Crippen LogP contribution is 2.07. The average molecular weight is 211 g/mol. The molecule has 0 saturated heterocycles. The van der Waals surface area contributed by atoms with E-state index in [4.69, 9.17) is 0 Å². The van der Waals surface area contributed by atoms with Crippen LogP contribution in [0.2, 0.25) is 0 Å². The Labute approximate surface area is 86.6 Å². The fraction of sp³-hybridized carbons (Fsp3) is 0.182. The largest absolute Gasteiger partial charge is 0.348 e. The second kappa shape index (κ2) is 4.68. The molecule has 0 fully saturated rings. The van der Waals surface area contributed by atoms with Gasteiger partial charge in [0.15, 0.2) is 0 Å². The Kier molecular flexibility index (Phi) is 3.55. The van der Waals surface area contributed by atoms with Gasteiger partial charge in [0.05, 0.1) is 0 Å². The second-order valence-electron chi connectivity index (χ2n) is 3.30. The third-order valence-electron chi connectivity index (χ3n) is 1.68. The molecule has 4 heteroatoms. The Morgan fingerprint density at radius 1 is 1.33 bits per heavy atom. The molecule has 15 heavy (non-hydrogen) atoms. The topological polar surface area (TPSA) is 29.1 Å². The van der Waals surface area contributed by atoms with Crippen molar-refractivity contribution in [3.05, 3.63) is 47.5 Å².